The van der Waals surface area contributed by atoms with E-state index in [1.807, 2.05) is 10.2 Å². The third kappa shape index (κ3) is 1.32. The SMILES string of the molecule is CCN1P(F)(F)(NC)N(CC)P1(F)(F)NC. The van der Waals surface area contributed by atoms with Gasteiger partial charge in [-0.05, 0) is 0 Å². The van der Waals surface area contributed by atoms with E-state index in [0.29, 0.717) is 0 Å². The second-order valence-corrected chi connectivity index (χ2v) is 10.2. The van der Waals surface area contributed by atoms with Crippen LogP contribution in [-0.2, 0) is 0 Å². The summed E-state index contributed by atoms with van der Waals surface area (Å²) in [5.41, 5.74) is 0. The quantitative estimate of drug-likeness (QED) is 0.613. The number of halogens is 4. The number of hydrogen-bond donors (Lipinski definition) is 2. The van der Waals surface area contributed by atoms with Crippen LogP contribution < -0.4 is 10.2 Å². The Balaban J connectivity index is 3.32. The van der Waals surface area contributed by atoms with E-state index in [1.165, 1.54) is 13.8 Å². The van der Waals surface area contributed by atoms with Crippen molar-refractivity contribution in [3.8, 4) is 0 Å². The number of nitrogens with zero attached hydrogens (tertiary/aromatic N) is 2. The van der Waals surface area contributed by atoms with Gasteiger partial charge >= 0.3 is 92.2 Å². The van der Waals surface area contributed by atoms with Gasteiger partial charge in [0.15, 0.2) is 0 Å². The van der Waals surface area contributed by atoms with Crippen LogP contribution in [0, 0.1) is 0 Å². The third-order valence-electron chi connectivity index (χ3n) is 2.88. The van der Waals surface area contributed by atoms with Crippen molar-refractivity contribution in [3.63, 3.8) is 0 Å². The number of rotatable bonds is 4. The molecule has 0 bridgehead atoms. The van der Waals surface area contributed by atoms with E-state index >= 15 is 0 Å². The summed E-state index contributed by atoms with van der Waals surface area (Å²) in [6.45, 7) is 1.83. The number of hydrogen-bond acceptors (Lipinski definition) is 4. The summed E-state index contributed by atoms with van der Waals surface area (Å²) in [5, 5.41) is 3.67. The van der Waals surface area contributed by atoms with Crippen LogP contribution in [0.2, 0.25) is 0 Å². The van der Waals surface area contributed by atoms with Gasteiger partial charge in [-0.3, -0.25) is 0 Å². The fraction of sp³-hybridized carbons (Fsp3) is 1.00. The van der Waals surface area contributed by atoms with Crippen molar-refractivity contribution in [1.29, 1.82) is 0 Å². The molecule has 1 fully saturated rings. The first-order valence-corrected chi connectivity index (χ1v) is 8.82. The standard InChI is InChI=1S/C6H18F4N4P2/c1-5-13-15(7,8,11-3)14(6-2)16(13,9,10)12-4/h11-12H,5-6H2,1-4H3. The van der Waals surface area contributed by atoms with Crippen LogP contribution in [0.4, 0.5) is 16.8 Å². The average Bonchev–Trinajstić information content (AvgIpc) is 2.18. The molecule has 4 nitrogen and oxygen atoms in total. The van der Waals surface area contributed by atoms with Gasteiger partial charge in [-0.25, -0.2) is 0 Å². The molecule has 0 atom stereocenters. The van der Waals surface area contributed by atoms with Crippen LogP contribution in [-0.4, -0.2) is 36.1 Å². The van der Waals surface area contributed by atoms with Crippen molar-refractivity contribution in [3.05, 3.63) is 0 Å². The Morgan fingerprint density at radius 1 is 0.812 bits per heavy atom. The summed E-state index contributed by atoms with van der Waals surface area (Å²) in [6.07, 6.45) is 0. The average molecular weight is 284 g/mol. The molecule has 0 aliphatic carbocycles. The Bertz CT molecular complexity index is 267. The summed E-state index contributed by atoms with van der Waals surface area (Å²) in [6, 6.07) is 0. The normalized spacial score (nSPS) is 36.2. The Morgan fingerprint density at radius 3 is 1.19 bits per heavy atom. The van der Waals surface area contributed by atoms with Gasteiger partial charge in [0.05, 0.1) is 0 Å². The van der Waals surface area contributed by atoms with Gasteiger partial charge in [0.2, 0.25) is 0 Å². The van der Waals surface area contributed by atoms with E-state index in [-0.39, 0.29) is 8.88 Å². The molecule has 1 rings (SSSR count). The van der Waals surface area contributed by atoms with E-state index in [2.05, 4.69) is 0 Å². The molecular formula is C6H18F4N4P2. The first-order valence-electron chi connectivity index (χ1n) is 4.97. The van der Waals surface area contributed by atoms with Crippen LogP contribution in [0.25, 0.3) is 0 Å². The molecule has 1 heterocycles. The molecule has 0 radical (unpaired) electrons. The van der Waals surface area contributed by atoms with Crippen molar-refractivity contribution in [2.45, 2.75) is 13.8 Å². The predicted octanol–water partition coefficient (Wildman–Crippen LogP) is 3.22. The summed E-state index contributed by atoms with van der Waals surface area (Å²) < 4.78 is 57.3. The Morgan fingerprint density at radius 2 is 1.06 bits per heavy atom. The van der Waals surface area contributed by atoms with Crippen LogP contribution in [0.15, 0.2) is 0 Å². The van der Waals surface area contributed by atoms with E-state index in [4.69, 9.17) is 0 Å². The van der Waals surface area contributed by atoms with Crippen LogP contribution in [0.1, 0.15) is 13.8 Å². The van der Waals surface area contributed by atoms with Gasteiger partial charge in [0.1, 0.15) is 0 Å². The molecule has 0 amide bonds. The summed E-state index contributed by atoms with van der Waals surface area (Å²) in [7, 11) is -9.50. The first-order chi connectivity index (χ1) is 7.10. The molecule has 100 valence electrons. The first kappa shape index (κ1) is 14.5. The molecule has 0 unspecified atom stereocenters. The second kappa shape index (κ2) is 3.46. The van der Waals surface area contributed by atoms with E-state index in [1.54, 1.807) is 0 Å². The van der Waals surface area contributed by atoms with Gasteiger partial charge < -0.3 is 0 Å². The Hall–Kier alpha value is 0.420. The zero-order chi connectivity index (χ0) is 12.9. The minimum atomic E-state index is -5.77. The van der Waals surface area contributed by atoms with Crippen molar-refractivity contribution in [2.24, 2.45) is 0 Å². The van der Waals surface area contributed by atoms with Crippen molar-refractivity contribution in [2.75, 3.05) is 27.2 Å². The molecule has 0 spiro atoms. The molecule has 1 aliphatic rings. The maximum absolute atomic E-state index is 14.3. The van der Waals surface area contributed by atoms with Gasteiger partial charge in [0.25, 0.3) is 0 Å². The van der Waals surface area contributed by atoms with Crippen LogP contribution >= 0.6 is 15.4 Å². The van der Waals surface area contributed by atoms with E-state index < -0.39 is 28.4 Å². The summed E-state index contributed by atoms with van der Waals surface area (Å²) >= 11 is 0. The van der Waals surface area contributed by atoms with Gasteiger partial charge in [-0.1, -0.05) is 0 Å². The van der Waals surface area contributed by atoms with Gasteiger partial charge in [0, 0.05) is 0 Å². The molecule has 0 aromatic heterocycles. The molecular weight excluding hydrogens is 266 g/mol. The van der Waals surface area contributed by atoms with Crippen molar-refractivity contribution in [1.82, 2.24) is 19.1 Å². The fourth-order valence-electron chi connectivity index (χ4n) is 2.15. The topological polar surface area (TPSA) is 30.5 Å². The third-order valence-corrected chi connectivity index (χ3v) is 12.3. The van der Waals surface area contributed by atoms with Crippen molar-refractivity contribution >= 4 is 15.4 Å². The minimum absolute atomic E-state index is 0.0563. The second-order valence-electron chi connectivity index (χ2n) is 3.47. The zero-order valence-corrected chi connectivity index (χ0v) is 11.5. The summed E-state index contributed by atoms with van der Waals surface area (Å²) in [5.74, 6) is 0. The molecule has 0 saturated carbocycles. The van der Waals surface area contributed by atoms with Crippen molar-refractivity contribution < 1.29 is 16.8 Å². The van der Waals surface area contributed by atoms with Crippen LogP contribution in [0.3, 0.4) is 0 Å². The monoisotopic (exact) mass is 284 g/mol. The molecule has 10 heteroatoms. The predicted molar refractivity (Wildman–Crippen MR) is 61.2 cm³/mol. The van der Waals surface area contributed by atoms with Gasteiger partial charge in [-0.15, -0.1) is 0 Å². The Kier molecular flexibility index (Phi) is 3.14. The molecule has 16 heavy (non-hydrogen) atoms. The number of nitrogens with one attached hydrogen (secondary N) is 2. The molecule has 1 saturated heterocycles. The molecule has 2 N–H and O–H groups in total. The van der Waals surface area contributed by atoms with E-state index in [0.717, 1.165) is 14.1 Å². The van der Waals surface area contributed by atoms with Crippen LogP contribution in [0.5, 0.6) is 0 Å². The molecule has 1 aliphatic heterocycles. The zero-order valence-electron chi connectivity index (χ0n) is 9.71. The molecule has 0 aromatic carbocycles. The Labute approximate surface area is 93.0 Å². The molecule has 0 aromatic rings. The maximum atomic E-state index is 14.3. The van der Waals surface area contributed by atoms with E-state index in [9.17, 15) is 16.8 Å². The fourth-order valence-corrected chi connectivity index (χ4v) is 11.3. The summed E-state index contributed by atoms with van der Waals surface area (Å²) in [4.78, 5) is 0. The van der Waals surface area contributed by atoms with Gasteiger partial charge in [-0.2, -0.15) is 0 Å².